The van der Waals surface area contributed by atoms with Crippen LogP contribution in [0.2, 0.25) is 0 Å². The molecule has 1 saturated heterocycles. The molecule has 0 aliphatic carbocycles. The van der Waals surface area contributed by atoms with E-state index in [9.17, 15) is 14.4 Å². The van der Waals surface area contributed by atoms with Gasteiger partial charge in [0.1, 0.15) is 6.42 Å². The van der Waals surface area contributed by atoms with Gasteiger partial charge in [0.25, 0.3) is 0 Å². The average Bonchev–Trinajstić information content (AvgIpc) is 2.61. The van der Waals surface area contributed by atoms with Crippen molar-refractivity contribution < 1.29 is 19.1 Å². The van der Waals surface area contributed by atoms with Gasteiger partial charge in [-0.05, 0) is 24.7 Å². The van der Waals surface area contributed by atoms with Gasteiger partial charge in [0.15, 0.2) is 0 Å². The van der Waals surface area contributed by atoms with Crippen molar-refractivity contribution in [3.63, 3.8) is 0 Å². The number of nitrogens with one attached hydrogen (secondary N) is 1. The second-order valence-electron chi connectivity index (χ2n) is 5.61. The first-order chi connectivity index (χ1) is 11.5. The first kappa shape index (κ1) is 17.9. The monoisotopic (exact) mass is 333 g/mol. The van der Waals surface area contributed by atoms with Crippen LogP contribution in [0, 0.1) is 0 Å². The molecule has 7 nitrogen and oxygen atoms in total. The minimum atomic E-state index is -0.476. The molecule has 7 heteroatoms. The van der Waals surface area contributed by atoms with E-state index < -0.39 is 5.97 Å². The lowest BCUT2D eigenvalue weighted by molar-refractivity contribution is -0.136. The van der Waals surface area contributed by atoms with E-state index in [4.69, 9.17) is 0 Å². The molecule has 1 aliphatic heterocycles. The fourth-order valence-corrected chi connectivity index (χ4v) is 2.61. The number of likely N-dealkylation sites (N-methyl/N-ethyl adjacent to an activating group) is 1. The van der Waals surface area contributed by atoms with E-state index in [2.05, 4.69) is 21.9 Å². The van der Waals surface area contributed by atoms with Gasteiger partial charge in [0.05, 0.1) is 12.7 Å². The molecule has 0 atom stereocenters. The molecule has 0 radical (unpaired) electrons. The Labute approximate surface area is 141 Å². The molecule has 1 fully saturated rings. The van der Waals surface area contributed by atoms with Crippen molar-refractivity contribution in [3.8, 4) is 0 Å². The maximum Gasteiger partial charge on any atom is 0.337 e. The number of carbonyl (C=O) groups is 3. The van der Waals surface area contributed by atoms with Gasteiger partial charge in [0, 0.05) is 31.9 Å². The summed E-state index contributed by atoms with van der Waals surface area (Å²) in [5, 5.41) is 2.65. The summed E-state index contributed by atoms with van der Waals surface area (Å²) in [7, 11) is 1.30. The van der Waals surface area contributed by atoms with E-state index >= 15 is 0 Å². The van der Waals surface area contributed by atoms with Gasteiger partial charge < -0.3 is 19.9 Å². The lowest BCUT2D eigenvalue weighted by Crippen LogP contribution is -2.49. The van der Waals surface area contributed by atoms with Crippen molar-refractivity contribution >= 4 is 23.5 Å². The van der Waals surface area contributed by atoms with Crippen molar-refractivity contribution in [2.45, 2.75) is 13.3 Å². The summed E-state index contributed by atoms with van der Waals surface area (Å²) in [4.78, 5) is 39.7. The van der Waals surface area contributed by atoms with Gasteiger partial charge in [-0.3, -0.25) is 9.59 Å². The zero-order valence-corrected chi connectivity index (χ0v) is 14.1. The summed E-state index contributed by atoms with van der Waals surface area (Å²) >= 11 is 0. The van der Waals surface area contributed by atoms with Crippen LogP contribution in [-0.4, -0.2) is 67.4 Å². The number of piperazine rings is 1. The number of amides is 2. The molecule has 0 saturated carbocycles. The molecule has 1 aromatic carbocycles. The van der Waals surface area contributed by atoms with E-state index in [1.54, 1.807) is 23.1 Å². The third-order valence-electron chi connectivity index (χ3n) is 4.05. The molecular weight excluding hydrogens is 310 g/mol. The Morgan fingerprint density at radius 3 is 2.50 bits per heavy atom. The second kappa shape index (κ2) is 8.44. The average molecular weight is 333 g/mol. The zero-order valence-electron chi connectivity index (χ0n) is 14.1. The lowest BCUT2D eigenvalue weighted by Gasteiger charge is -2.33. The molecule has 2 amide bonds. The van der Waals surface area contributed by atoms with Crippen LogP contribution in [0.5, 0.6) is 0 Å². The van der Waals surface area contributed by atoms with E-state index in [1.165, 1.54) is 13.2 Å². The molecule has 2 rings (SSSR count). The number of rotatable bonds is 5. The summed E-state index contributed by atoms with van der Waals surface area (Å²) in [6.07, 6.45) is -0.200. The van der Waals surface area contributed by atoms with Crippen molar-refractivity contribution in [2.75, 3.05) is 45.2 Å². The van der Waals surface area contributed by atoms with Crippen LogP contribution >= 0.6 is 0 Å². The van der Waals surface area contributed by atoms with E-state index in [0.717, 1.165) is 19.6 Å². The van der Waals surface area contributed by atoms with Gasteiger partial charge in [-0.1, -0.05) is 13.0 Å². The van der Waals surface area contributed by atoms with Gasteiger partial charge in [-0.15, -0.1) is 0 Å². The van der Waals surface area contributed by atoms with Crippen LogP contribution in [0.4, 0.5) is 5.69 Å². The number of anilines is 1. The Bertz CT molecular complexity index is 610. The van der Waals surface area contributed by atoms with Crippen LogP contribution < -0.4 is 5.32 Å². The number of esters is 1. The third-order valence-corrected chi connectivity index (χ3v) is 4.05. The normalized spacial score (nSPS) is 15.0. The van der Waals surface area contributed by atoms with Crippen LogP contribution in [-0.2, 0) is 14.3 Å². The third kappa shape index (κ3) is 4.79. The molecular formula is C17H23N3O4. The number of benzene rings is 1. The Morgan fingerprint density at radius 2 is 1.88 bits per heavy atom. The van der Waals surface area contributed by atoms with E-state index in [-0.39, 0.29) is 18.2 Å². The highest BCUT2D eigenvalue weighted by Crippen LogP contribution is 2.12. The summed E-state index contributed by atoms with van der Waals surface area (Å²) in [6, 6.07) is 6.43. The molecule has 24 heavy (non-hydrogen) atoms. The van der Waals surface area contributed by atoms with Crippen LogP contribution in [0.25, 0.3) is 0 Å². The minimum Gasteiger partial charge on any atom is -0.465 e. The quantitative estimate of drug-likeness (QED) is 0.641. The number of carbonyl (C=O) groups excluding carboxylic acids is 3. The SMILES string of the molecule is CCN1CCN(C(=O)CC(=O)Nc2cccc(C(=O)OC)c2)CC1. The highest BCUT2D eigenvalue weighted by molar-refractivity contribution is 6.04. The summed E-state index contributed by atoms with van der Waals surface area (Å²) < 4.78 is 4.64. The second-order valence-corrected chi connectivity index (χ2v) is 5.61. The number of hydrogen-bond donors (Lipinski definition) is 1. The Hall–Kier alpha value is -2.41. The Balaban J connectivity index is 1.87. The summed E-state index contributed by atoms with van der Waals surface area (Å²) in [5.74, 6) is -1.04. The molecule has 1 aromatic rings. The molecule has 0 unspecified atom stereocenters. The fraction of sp³-hybridized carbons (Fsp3) is 0.471. The van der Waals surface area contributed by atoms with Crippen molar-refractivity contribution in [3.05, 3.63) is 29.8 Å². The van der Waals surface area contributed by atoms with Crippen LogP contribution in [0.1, 0.15) is 23.7 Å². The maximum absolute atomic E-state index is 12.2. The summed E-state index contributed by atoms with van der Waals surface area (Å²) in [5.41, 5.74) is 0.809. The van der Waals surface area contributed by atoms with E-state index in [1.807, 2.05) is 0 Å². The predicted molar refractivity (Wildman–Crippen MR) is 89.7 cm³/mol. The standard InChI is InChI=1S/C17H23N3O4/c1-3-19-7-9-20(10-8-19)16(22)12-15(21)18-14-6-4-5-13(11-14)17(23)24-2/h4-6,11H,3,7-10,12H2,1-2H3,(H,18,21). The smallest absolute Gasteiger partial charge is 0.337 e. The Kier molecular flexibility index (Phi) is 6.31. The molecule has 0 aromatic heterocycles. The lowest BCUT2D eigenvalue weighted by atomic mass is 10.2. The molecule has 0 spiro atoms. The first-order valence-corrected chi connectivity index (χ1v) is 8.02. The maximum atomic E-state index is 12.2. The predicted octanol–water partition coefficient (Wildman–Crippen LogP) is 0.966. The molecule has 130 valence electrons. The van der Waals surface area contributed by atoms with Crippen molar-refractivity contribution in [1.82, 2.24) is 9.80 Å². The van der Waals surface area contributed by atoms with Gasteiger partial charge in [-0.2, -0.15) is 0 Å². The molecule has 0 bridgehead atoms. The first-order valence-electron chi connectivity index (χ1n) is 8.02. The topological polar surface area (TPSA) is 79.0 Å². The Morgan fingerprint density at radius 1 is 1.17 bits per heavy atom. The van der Waals surface area contributed by atoms with E-state index in [0.29, 0.717) is 24.3 Å². The van der Waals surface area contributed by atoms with Gasteiger partial charge in [0.2, 0.25) is 11.8 Å². The number of nitrogens with zero attached hydrogens (tertiary/aromatic N) is 2. The van der Waals surface area contributed by atoms with Gasteiger partial charge in [-0.25, -0.2) is 4.79 Å². The molecule has 1 heterocycles. The summed E-state index contributed by atoms with van der Waals surface area (Å²) in [6.45, 7) is 6.04. The zero-order chi connectivity index (χ0) is 17.5. The number of methoxy groups -OCH3 is 1. The minimum absolute atomic E-state index is 0.174. The largest absolute Gasteiger partial charge is 0.465 e. The highest BCUT2D eigenvalue weighted by Gasteiger charge is 2.22. The number of hydrogen-bond acceptors (Lipinski definition) is 5. The van der Waals surface area contributed by atoms with Crippen LogP contribution in [0.15, 0.2) is 24.3 Å². The van der Waals surface area contributed by atoms with Gasteiger partial charge >= 0.3 is 5.97 Å². The molecule has 1 N–H and O–H groups in total. The fourth-order valence-electron chi connectivity index (χ4n) is 2.61. The highest BCUT2D eigenvalue weighted by atomic mass is 16.5. The molecule has 1 aliphatic rings. The van der Waals surface area contributed by atoms with Crippen molar-refractivity contribution in [1.29, 1.82) is 0 Å². The van der Waals surface area contributed by atoms with Crippen molar-refractivity contribution in [2.24, 2.45) is 0 Å². The number of ether oxygens (including phenoxy) is 1. The van der Waals surface area contributed by atoms with Crippen LogP contribution in [0.3, 0.4) is 0 Å².